The van der Waals surface area contributed by atoms with Crippen molar-refractivity contribution in [1.82, 2.24) is 4.90 Å². The Morgan fingerprint density at radius 2 is 1.30 bits per heavy atom. The van der Waals surface area contributed by atoms with Gasteiger partial charge in [0.25, 0.3) is 0 Å². The van der Waals surface area contributed by atoms with Crippen molar-refractivity contribution in [2.75, 3.05) is 6.54 Å². The van der Waals surface area contributed by atoms with Gasteiger partial charge in [0.2, 0.25) is 5.91 Å². The second-order valence-corrected chi connectivity index (χ2v) is 7.33. The van der Waals surface area contributed by atoms with Gasteiger partial charge in [0.05, 0.1) is 18.7 Å². The maximum absolute atomic E-state index is 13.9. The minimum atomic E-state index is -0.349. The lowest BCUT2D eigenvalue weighted by molar-refractivity contribution is -0.132. The molecule has 0 aliphatic carbocycles. The molecule has 1 amide bonds. The van der Waals surface area contributed by atoms with Crippen LogP contribution in [0.25, 0.3) is 0 Å². The van der Waals surface area contributed by atoms with E-state index in [0.717, 1.165) is 23.3 Å². The SMILES string of the molecule is O=C(C(c1ccccc1)c1ccccc1)N(CCc1ccccc1)Cc1ccco1. The number of hydrogen-bond donors (Lipinski definition) is 0. The summed E-state index contributed by atoms with van der Waals surface area (Å²) in [6.45, 7) is 1.08. The Bertz CT molecular complexity index is 989. The van der Waals surface area contributed by atoms with E-state index in [-0.39, 0.29) is 11.8 Å². The number of furan rings is 1. The fraction of sp³-hybridized carbons (Fsp3) is 0.148. The second-order valence-electron chi connectivity index (χ2n) is 7.33. The molecule has 0 fully saturated rings. The van der Waals surface area contributed by atoms with Crippen LogP contribution in [0.4, 0.5) is 0 Å². The molecule has 1 aromatic heterocycles. The largest absolute Gasteiger partial charge is 0.467 e. The van der Waals surface area contributed by atoms with Crippen LogP contribution >= 0.6 is 0 Å². The maximum Gasteiger partial charge on any atom is 0.234 e. The normalized spacial score (nSPS) is 10.8. The summed E-state index contributed by atoms with van der Waals surface area (Å²) in [6, 6.07) is 34.1. The third-order valence-electron chi connectivity index (χ3n) is 5.26. The Labute approximate surface area is 177 Å². The lowest BCUT2D eigenvalue weighted by Gasteiger charge is -2.27. The summed E-state index contributed by atoms with van der Waals surface area (Å²) in [5.41, 5.74) is 3.21. The van der Waals surface area contributed by atoms with Crippen molar-refractivity contribution in [3.63, 3.8) is 0 Å². The average Bonchev–Trinajstić information content (AvgIpc) is 3.32. The van der Waals surface area contributed by atoms with E-state index < -0.39 is 0 Å². The average molecular weight is 396 g/mol. The van der Waals surface area contributed by atoms with Gasteiger partial charge in [0, 0.05) is 6.54 Å². The third-order valence-corrected chi connectivity index (χ3v) is 5.26. The minimum absolute atomic E-state index is 0.0831. The molecule has 3 aromatic carbocycles. The number of carbonyl (C=O) groups is 1. The van der Waals surface area contributed by atoms with E-state index in [2.05, 4.69) is 12.1 Å². The van der Waals surface area contributed by atoms with Crippen LogP contribution in [-0.2, 0) is 17.8 Å². The van der Waals surface area contributed by atoms with Crippen molar-refractivity contribution in [3.05, 3.63) is 132 Å². The number of hydrogen-bond acceptors (Lipinski definition) is 2. The first kappa shape index (κ1) is 19.7. The van der Waals surface area contributed by atoms with Crippen LogP contribution in [0.2, 0.25) is 0 Å². The van der Waals surface area contributed by atoms with Gasteiger partial charge in [-0.05, 0) is 35.2 Å². The Balaban J connectivity index is 1.64. The summed E-state index contributed by atoms with van der Waals surface area (Å²) in [7, 11) is 0. The zero-order valence-corrected chi connectivity index (χ0v) is 16.9. The standard InChI is InChI=1S/C27H25NO2/c29-27(26(23-13-6-2-7-14-23)24-15-8-3-9-16-24)28(21-25-17-10-20-30-25)19-18-22-11-4-1-5-12-22/h1-17,20,26H,18-19,21H2. The van der Waals surface area contributed by atoms with E-state index in [1.54, 1.807) is 6.26 Å². The third kappa shape index (κ3) is 4.87. The summed E-state index contributed by atoms with van der Waals surface area (Å²) >= 11 is 0. The summed E-state index contributed by atoms with van der Waals surface area (Å²) < 4.78 is 5.56. The van der Waals surface area contributed by atoms with Crippen molar-refractivity contribution in [3.8, 4) is 0 Å². The number of amides is 1. The predicted octanol–water partition coefficient (Wildman–Crippen LogP) is 5.68. The zero-order chi connectivity index (χ0) is 20.6. The highest BCUT2D eigenvalue weighted by Crippen LogP contribution is 2.28. The van der Waals surface area contributed by atoms with Crippen molar-refractivity contribution in [1.29, 1.82) is 0 Å². The van der Waals surface area contributed by atoms with E-state index in [4.69, 9.17) is 4.42 Å². The first-order valence-electron chi connectivity index (χ1n) is 10.3. The fourth-order valence-electron chi connectivity index (χ4n) is 3.72. The molecule has 0 saturated carbocycles. The molecule has 30 heavy (non-hydrogen) atoms. The van der Waals surface area contributed by atoms with Gasteiger partial charge >= 0.3 is 0 Å². The molecule has 3 nitrogen and oxygen atoms in total. The summed E-state index contributed by atoms with van der Waals surface area (Å²) in [6.07, 6.45) is 2.45. The number of carbonyl (C=O) groups excluding carboxylic acids is 1. The highest BCUT2D eigenvalue weighted by Gasteiger charge is 2.28. The van der Waals surface area contributed by atoms with Gasteiger partial charge in [-0.3, -0.25) is 4.79 Å². The molecule has 4 aromatic rings. The summed E-state index contributed by atoms with van der Waals surface area (Å²) in [4.78, 5) is 15.8. The van der Waals surface area contributed by atoms with Crippen LogP contribution in [0.15, 0.2) is 114 Å². The van der Waals surface area contributed by atoms with Gasteiger partial charge in [-0.1, -0.05) is 91.0 Å². The highest BCUT2D eigenvalue weighted by atomic mass is 16.3. The van der Waals surface area contributed by atoms with Crippen LogP contribution in [0, 0.1) is 0 Å². The quantitative estimate of drug-likeness (QED) is 0.384. The molecule has 0 radical (unpaired) electrons. The molecule has 3 heteroatoms. The lowest BCUT2D eigenvalue weighted by Crippen LogP contribution is -2.36. The van der Waals surface area contributed by atoms with Crippen LogP contribution < -0.4 is 0 Å². The van der Waals surface area contributed by atoms with Crippen molar-refractivity contribution < 1.29 is 9.21 Å². The predicted molar refractivity (Wildman–Crippen MR) is 119 cm³/mol. The Morgan fingerprint density at radius 1 is 0.733 bits per heavy atom. The summed E-state index contributed by atoms with van der Waals surface area (Å²) in [5.74, 6) is 0.522. The lowest BCUT2D eigenvalue weighted by atomic mass is 9.90. The molecule has 0 bridgehead atoms. The van der Waals surface area contributed by atoms with Gasteiger partial charge in [-0.2, -0.15) is 0 Å². The molecule has 0 atom stereocenters. The number of benzene rings is 3. The van der Waals surface area contributed by atoms with Gasteiger partial charge in [-0.25, -0.2) is 0 Å². The van der Waals surface area contributed by atoms with Gasteiger partial charge in [-0.15, -0.1) is 0 Å². The van der Waals surface area contributed by atoms with Crippen LogP contribution in [0.5, 0.6) is 0 Å². The van der Waals surface area contributed by atoms with Gasteiger partial charge < -0.3 is 9.32 Å². The summed E-state index contributed by atoms with van der Waals surface area (Å²) in [5, 5.41) is 0. The second kappa shape index (κ2) is 9.75. The van der Waals surface area contributed by atoms with Gasteiger partial charge in [0.15, 0.2) is 0 Å². The molecule has 0 spiro atoms. The smallest absolute Gasteiger partial charge is 0.234 e. The van der Waals surface area contributed by atoms with Crippen LogP contribution in [0.3, 0.4) is 0 Å². The van der Waals surface area contributed by atoms with Crippen molar-refractivity contribution in [2.45, 2.75) is 18.9 Å². The van der Waals surface area contributed by atoms with E-state index in [1.807, 2.05) is 95.9 Å². The van der Waals surface area contributed by atoms with Crippen molar-refractivity contribution in [2.24, 2.45) is 0 Å². The fourth-order valence-corrected chi connectivity index (χ4v) is 3.72. The highest BCUT2D eigenvalue weighted by molar-refractivity contribution is 5.87. The zero-order valence-electron chi connectivity index (χ0n) is 16.9. The molecule has 0 unspecified atom stereocenters. The Morgan fingerprint density at radius 3 is 1.83 bits per heavy atom. The van der Waals surface area contributed by atoms with Gasteiger partial charge in [0.1, 0.15) is 5.76 Å². The van der Waals surface area contributed by atoms with E-state index in [9.17, 15) is 4.79 Å². The molecule has 0 aliphatic rings. The van der Waals surface area contributed by atoms with E-state index in [0.29, 0.717) is 13.1 Å². The molecule has 150 valence electrons. The number of rotatable bonds is 8. The monoisotopic (exact) mass is 395 g/mol. The number of nitrogens with zero attached hydrogens (tertiary/aromatic N) is 1. The van der Waals surface area contributed by atoms with Crippen LogP contribution in [-0.4, -0.2) is 17.4 Å². The molecule has 1 heterocycles. The molecular formula is C27H25NO2. The molecule has 0 N–H and O–H groups in total. The molecule has 0 saturated heterocycles. The molecule has 4 rings (SSSR count). The van der Waals surface area contributed by atoms with Crippen LogP contribution in [0.1, 0.15) is 28.4 Å². The first-order chi connectivity index (χ1) is 14.8. The minimum Gasteiger partial charge on any atom is -0.467 e. The van der Waals surface area contributed by atoms with E-state index in [1.165, 1.54) is 5.56 Å². The maximum atomic E-state index is 13.9. The first-order valence-corrected chi connectivity index (χ1v) is 10.3. The van der Waals surface area contributed by atoms with E-state index >= 15 is 0 Å². The Hall–Kier alpha value is -3.59. The molecular weight excluding hydrogens is 370 g/mol. The topological polar surface area (TPSA) is 33.5 Å². The van der Waals surface area contributed by atoms with Crippen molar-refractivity contribution >= 4 is 5.91 Å². The molecule has 0 aliphatic heterocycles. The Kier molecular flexibility index (Phi) is 6.41.